The van der Waals surface area contributed by atoms with Gasteiger partial charge in [-0.1, -0.05) is 82.5 Å². The minimum absolute atomic E-state index is 0.0352. The summed E-state index contributed by atoms with van der Waals surface area (Å²) in [5.74, 6) is 0.486. The number of halogens is 3. The summed E-state index contributed by atoms with van der Waals surface area (Å²) >= 11 is 0. The zero-order valence-electron chi connectivity index (χ0n) is 24.0. The quantitative estimate of drug-likeness (QED) is 0.183. The summed E-state index contributed by atoms with van der Waals surface area (Å²) in [6.45, 7) is 12.0. The van der Waals surface area contributed by atoms with E-state index in [1.54, 1.807) is 18.2 Å². The third-order valence-electron chi connectivity index (χ3n) is 5.88. The summed E-state index contributed by atoms with van der Waals surface area (Å²) in [5, 5.41) is 6.46. The number of aromatic nitrogens is 1. The van der Waals surface area contributed by atoms with Gasteiger partial charge in [0.05, 0.1) is 17.3 Å². The van der Waals surface area contributed by atoms with E-state index >= 15 is 0 Å². The summed E-state index contributed by atoms with van der Waals surface area (Å²) in [6, 6.07) is 16.7. The molecule has 8 heteroatoms. The molecule has 3 rings (SSSR count). The van der Waals surface area contributed by atoms with Crippen LogP contribution in [0.3, 0.4) is 0 Å². The Morgan fingerprint density at radius 1 is 0.897 bits per heavy atom. The minimum Gasteiger partial charge on any atom is -0.384 e. The number of nitrogens with two attached hydrogens (primary N) is 2. The van der Waals surface area contributed by atoms with Gasteiger partial charge in [0.15, 0.2) is 0 Å². The Morgan fingerprint density at radius 2 is 1.56 bits per heavy atom. The third-order valence-corrected chi connectivity index (χ3v) is 5.88. The molecule has 0 saturated heterocycles. The first kappa shape index (κ1) is 33.9. The lowest BCUT2D eigenvalue weighted by Crippen LogP contribution is -2.14. The summed E-state index contributed by atoms with van der Waals surface area (Å²) in [6.07, 6.45) is 0.693. The van der Waals surface area contributed by atoms with Gasteiger partial charge >= 0.3 is 6.18 Å². The van der Waals surface area contributed by atoms with Gasteiger partial charge in [-0.3, -0.25) is 0 Å². The summed E-state index contributed by atoms with van der Waals surface area (Å²) in [4.78, 5) is 4.50. The molecule has 6 N–H and O–H groups in total. The molecule has 0 bridgehead atoms. The molecule has 0 aliphatic heterocycles. The molecule has 1 atom stereocenters. The van der Waals surface area contributed by atoms with Gasteiger partial charge in [-0.2, -0.15) is 13.2 Å². The highest BCUT2D eigenvalue weighted by Gasteiger charge is 2.33. The van der Waals surface area contributed by atoms with Crippen LogP contribution in [-0.2, 0) is 6.18 Å². The molecule has 1 aromatic heterocycles. The van der Waals surface area contributed by atoms with Crippen LogP contribution in [0.15, 0.2) is 60.7 Å². The molecule has 0 fully saturated rings. The predicted octanol–water partition coefficient (Wildman–Crippen LogP) is 8.17. The van der Waals surface area contributed by atoms with Gasteiger partial charge in [-0.25, -0.2) is 4.98 Å². The van der Waals surface area contributed by atoms with Gasteiger partial charge in [0.2, 0.25) is 0 Å². The highest BCUT2D eigenvalue weighted by atomic mass is 19.4. The Balaban J connectivity index is 0.000000735. The highest BCUT2D eigenvalue weighted by molar-refractivity contribution is 5.71. The van der Waals surface area contributed by atoms with Crippen molar-refractivity contribution in [2.75, 3.05) is 30.3 Å². The van der Waals surface area contributed by atoms with E-state index in [-0.39, 0.29) is 17.3 Å². The Bertz CT molecular complexity index is 1080. The Morgan fingerprint density at radius 3 is 2.18 bits per heavy atom. The fraction of sp³-hybridized carbons (Fsp3) is 0.452. The maximum atomic E-state index is 13.5. The van der Waals surface area contributed by atoms with Crippen LogP contribution < -0.4 is 22.1 Å². The Hall–Kier alpha value is -3.10. The Kier molecular flexibility index (Phi) is 15.9. The Labute approximate surface area is 232 Å². The van der Waals surface area contributed by atoms with E-state index < -0.39 is 11.7 Å². The molecule has 0 saturated carbocycles. The number of aryl methyl sites for hydroxylation is 1. The number of anilines is 2. The van der Waals surface area contributed by atoms with Crippen LogP contribution in [0.1, 0.15) is 76.1 Å². The number of benzene rings is 2. The number of nitrogens with zero attached hydrogens (tertiary/aromatic N) is 1. The van der Waals surface area contributed by atoms with Gasteiger partial charge in [-0.05, 0) is 50.1 Å². The first-order valence-corrected chi connectivity index (χ1v) is 13.9. The standard InChI is InChI=1S/C23H25F3N4.C6H15N.C2H6/c1-15-7-3-4-8-18(15)16(2)29-22-14-17(28-12-11-27)13-21(30-22)19-9-5-6-10-20(19)23(24,25)26;1-2-3-4-5-6-7;1-2/h3-10,13-14,16H,11-12,27H2,1-2H3,(H2,28,29,30);2-7H2,1H3;1-2H3. The first-order valence-electron chi connectivity index (χ1n) is 13.9. The molecule has 1 heterocycles. The van der Waals surface area contributed by atoms with Gasteiger partial charge in [-0.15, -0.1) is 0 Å². The lowest BCUT2D eigenvalue weighted by atomic mass is 10.0. The van der Waals surface area contributed by atoms with Crippen LogP contribution in [0.2, 0.25) is 0 Å². The fourth-order valence-electron chi connectivity index (χ4n) is 3.96. The molecular weight excluding hydrogens is 499 g/mol. The highest BCUT2D eigenvalue weighted by Crippen LogP contribution is 2.37. The number of hydrogen-bond donors (Lipinski definition) is 4. The molecule has 0 aliphatic carbocycles. The summed E-state index contributed by atoms with van der Waals surface area (Å²) < 4.78 is 40.6. The number of alkyl halides is 3. The lowest BCUT2D eigenvalue weighted by molar-refractivity contribution is -0.137. The molecule has 0 spiro atoms. The van der Waals surface area contributed by atoms with Crippen molar-refractivity contribution in [3.63, 3.8) is 0 Å². The number of nitrogens with one attached hydrogen (secondary N) is 2. The molecule has 216 valence electrons. The van der Waals surface area contributed by atoms with Crippen LogP contribution in [0.4, 0.5) is 24.7 Å². The maximum Gasteiger partial charge on any atom is 0.417 e. The van der Waals surface area contributed by atoms with E-state index in [4.69, 9.17) is 11.5 Å². The zero-order valence-corrected chi connectivity index (χ0v) is 24.0. The zero-order chi connectivity index (χ0) is 29.3. The molecule has 0 aliphatic rings. The van der Waals surface area contributed by atoms with Crippen molar-refractivity contribution in [1.82, 2.24) is 4.98 Å². The van der Waals surface area contributed by atoms with E-state index in [9.17, 15) is 13.2 Å². The van der Waals surface area contributed by atoms with Crippen molar-refractivity contribution in [3.8, 4) is 11.3 Å². The average Bonchev–Trinajstić information content (AvgIpc) is 2.93. The van der Waals surface area contributed by atoms with Crippen LogP contribution in [0.25, 0.3) is 11.3 Å². The van der Waals surface area contributed by atoms with Crippen molar-refractivity contribution in [2.24, 2.45) is 11.5 Å². The van der Waals surface area contributed by atoms with E-state index in [2.05, 4.69) is 22.5 Å². The summed E-state index contributed by atoms with van der Waals surface area (Å²) in [7, 11) is 0. The van der Waals surface area contributed by atoms with Crippen molar-refractivity contribution in [3.05, 3.63) is 77.4 Å². The van der Waals surface area contributed by atoms with Crippen molar-refractivity contribution in [1.29, 1.82) is 0 Å². The second kappa shape index (κ2) is 18.2. The number of unbranched alkanes of at least 4 members (excludes halogenated alkanes) is 3. The molecular formula is C31H46F3N5. The van der Waals surface area contributed by atoms with Gasteiger partial charge in [0.1, 0.15) is 5.82 Å². The van der Waals surface area contributed by atoms with Crippen LogP contribution in [0.5, 0.6) is 0 Å². The fourth-order valence-corrected chi connectivity index (χ4v) is 3.96. The SMILES string of the molecule is CC.CCCCCCN.Cc1ccccc1C(C)Nc1cc(NCCN)cc(-c2ccccc2C(F)(F)F)n1. The van der Waals surface area contributed by atoms with E-state index in [0.717, 1.165) is 23.7 Å². The predicted molar refractivity (Wildman–Crippen MR) is 160 cm³/mol. The average molecular weight is 546 g/mol. The van der Waals surface area contributed by atoms with E-state index in [0.29, 0.717) is 24.6 Å². The van der Waals surface area contributed by atoms with Crippen molar-refractivity contribution in [2.45, 2.75) is 72.5 Å². The first-order chi connectivity index (χ1) is 18.7. The molecule has 0 amide bonds. The second-order valence-electron chi connectivity index (χ2n) is 8.96. The normalized spacial score (nSPS) is 11.4. The largest absolute Gasteiger partial charge is 0.417 e. The van der Waals surface area contributed by atoms with E-state index in [1.807, 2.05) is 52.0 Å². The molecule has 39 heavy (non-hydrogen) atoms. The van der Waals surface area contributed by atoms with Gasteiger partial charge < -0.3 is 22.1 Å². The molecule has 3 aromatic rings. The maximum absolute atomic E-state index is 13.5. The second-order valence-corrected chi connectivity index (χ2v) is 8.96. The minimum atomic E-state index is -4.47. The molecule has 2 aromatic carbocycles. The topological polar surface area (TPSA) is 89.0 Å². The van der Waals surface area contributed by atoms with Crippen LogP contribution >= 0.6 is 0 Å². The van der Waals surface area contributed by atoms with Crippen LogP contribution in [-0.4, -0.2) is 24.6 Å². The monoisotopic (exact) mass is 545 g/mol. The van der Waals surface area contributed by atoms with Crippen molar-refractivity contribution >= 4 is 11.5 Å². The number of hydrogen-bond acceptors (Lipinski definition) is 5. The number of rotatable bonds is 11. The lowest BCUT2D eigenvalue weighted by Gasteiger charge is -2.19. The molecule has 1 unspecified atom stereocenters. The van der Waals surface area contributed by atoms with Crippen molar-refractivity contribution < 1.29 is 13.2 Å². The van der Waals surface area contributed by atoms with Crippen LogP contribution in [0, 0.1) is 6.92 Å². The van der Waals surface area contributed by atoms with Gasteiger partial charge in [0, 0.05) is 30.4 Å². The smallest absolute Gasteiger partial charge is 0.384 e. The molecule has 5 nitrogen and oxygen atoms in total. The third kappa shape index (κ3) is 11.7. The van der Waals surface area contributed by atoms with E-state index in [1.165, 1.54) is 37.8 Å². The molecule has 0 radical (unpaired) electrons. The summed E-state index contributed by atoms with van der Waals surface area (Å²) in [5.41, 5.74) is 13.3. The number of pyridine rings is 1. The van der Waals surface area contributed by atoms with Gasteiger partial charge in [0.25, 0.3) is 0 Å².